The van der Waals surface area contributed by atoms with Crippen LogP contribution in [0.2, 0.25) is 36.3 Å². The molecular weight excluding hydrogens is 639 g/mol. The van der Waals surface area contributed by atoms with Gasteiger partial charge < -0.3 is 13.8 Å². The fraction of sp³-hybridized carbons (Fsp3) is 0.762. The lowest BCUT2D eigenvalue weighted by Gasteiger charge is -2.45. The Hall–Kier alpha value is -1.55. The Kier molecular flexibility index (Phi) is 11.6. The number of rotatable bonds is 10. The molecule has 7 heteroatoms. The van der Waals surface area contributed by atoms with Crippen molar-refractivity contribution >= 4 is 28.3 Å². The minimum absolute atomic E-state index is 0.0140. The maximum atomic E-state index is 13.2. The number of Topliss-reactive ketones (excluding diaryl/α,β-unsaturated/α-hetero) is 1. The number of nitrogens with zero attached hydrogens (tertiary/aromatic N) is 1. The number of ketones is 1. The molecule has 5 nitrogen and oxygen atoms in total. The average Bonchev–Trinajstić information content (AvgIpc) is 3.70. The summed E-state index contributed by atoms with van der Waals surface area (Å²) in [6.45, 7) is 32.8. The lowest BCUT2D eigenvalue weighted by Crippen LogP contribution is -2.49. The normalized spacial score (nSPS) is 31.2. The molecule has 4 rings (SSSR count). The smallest absolute Gasteiger partial charge is 0.235 e. The van der Waals surface area contributed by atoms with Crippen molar-refractivity contribution in [2.24, 2.45) is 22.7 Å². The van der Waals surface area contributed by atoms with Gasteiger partial charge in [0, 0.05) is 26.9 Å². The molecule has 0 aromatic carbocycles. The molecular formula is C42H71NO4Si2. The van der Waals surface area contributed by atoms with Crippen molar-refractivity contribution < 1.29 is 18.4 Å². The van der Waals surface area contributed by atoms with E-state index in [2.05, 4.69) is 106 Å². The highest BCUT2D eigenvalue weighted by Crippen LogP contribution is 2.59. The summed E-state index contributed by atoms with van der Waals surface area (Å²) in [7, 11) is -0.464. The van der Waals surface area contributed by atoms with Crippen LogP contribution in [0.25, 0.3) is 0 Å². The van der Waals surface area contributed by atoms with E-state index in [0.29, 0.717) is 31.1 Å². The Morgan fingerprint density at radius 2 is 1.53 bits per heavy atom. The molecule has 1 amide bonds. The van der Waals surface area contributed by atoms with Crippen molar-refractivity contribution in [1.29, 1.82) is 0 Å². The maximum Gasteiger partial charge on any atom is 0.235 e. The van der Waals surface area contributed by atoms with E-state index in [-0.39, 0.29) is 39.4 Å². The van der Waals surface area contributed by atoms with Crippen LogP contribution >= 0.6 is 0 Å². The van der Waals surface area contributed by atoms with Gasteiger partial charge in [-0.25, -0.2) is 0 Å². The van der Waals surface area contributed by atoms with Gasteiger partial charge in [0.15, 0.2) is 22.4 Å². The molecule has 4 saturated carbocycles. The Bertz CT molecular complexity index is 1380. The zero-order chi connectivity index (χ0) is 37.0. The van der Waals surface area contributed by atoms with Gasteiger partial charge in [-0.05, 0) is 123 Å². The number of allylic oxidation sites excluding steroid dienone is 5. The van der Waals surface area contributed by atoms with Crippen LogP contribution in [-0.4, -0.2) is 59.5 Å². The summed E-state index contributed by atoms with van der Waals surface area (Å²) in [4.78, 5) is 27.6. The van der Waals surface area contributed by atoms with E-state index in [1.54, 1.807) is 24.6 Å². The van der Waals surface area contributed by atoms with Crippen LogP contribution in [0.3, 0.4) is 0 Å². The van der Waals surface area contributed by atoms with Crippen LogP contribution in [0, 0.1) is 22.7 Å². The van der Waals surface area contributed by atoms with E-state index >= 15 is 0 Å². The van der Waals surface area contributed by atoms with Crippen molar-refractivity contribution in [3.05, 3.63) is 47.1 Å². The van der Waals surface area contributed by atoms with Crippen LogP contribution < -0.4 is 0 Å². The second kappa shape index (κ2) is 14.1. The van der Waals surface area contributed by atoms with Gasteiger partial charge >= 0.3 is 0 Å². The first-order valence-electron chi connectivity index (χ1n) is 19.2. The lowest BCUT2D eigenvalue weighted by atomic mass is 9.62. The number of hydrogen-bond donors (Lipinski definition) is 0. The molecule has 0 saturated heterocycles. The first-order chi connectivity index (χ1) is 22.4. The number of amides is 1. The SMILES string of the molecule is C=C1C(=CC=C2CCC[C@]3(C)C(C(C)=CCC(=O)C4(C(=O)N(C)C)CC4)CCC23)CC(O[Si](C)(C)C(C)(C)C)CC1O[Si](C)(C)C(C)(C)C. The van der Waals surface area contributed by atoms with Gasteiger partial charge in [0.05, 0.1) is 12.2 Å². The second-order valence-electron chi connectivity index (χ2n) is 19.7. The maximum absolute atomic E-state index is 13.2. The highest BCUT2D eigenvalue weighted by molar-refractivity contribution is 6.74. The summed E-state index contributed by atoms with van der Waals surface area (Å²) in [6, 6.07) is 0. The highest BCUT2D eigenvalue weighted by Gasteiger charge is 2.56. The van der Waals surface area contributed by atoms with Crippen LogP contribution in [0.4, 0.5) is 0 Å². The molecule has 276 valence electrons. The van der Waals surface area contributed by atoms with Crippen molar-refractivity contribution in [1.82, 2.24) is 4.90 Å². The lowest BCUT2D eigenvalue weighted by molar-refractivity contribution is -0.141. The average molecular weight is 710 g/mol. The number of carbonyl (C=O) groups excluding carboxylic acids is 2. The first kappa shape index (κ1) is 40.2. The summed E-state index contributed by atoms with van der Waals surface area (Å²) < 4.78 is 14.2. The molecule has 4 fully saturated rings. The molecule has 5 atom stereocenters. The molecule has 0 aliphatic heterocycles. The molecule has 4 aliphatic rings. The number of fused-ring (bicyclic) bond motifs is 1. The molecule has 4 unspecified atom stereocenters. The Morgan fingerprint density at radius 3 is 2.08 bits per heavy atom. The summed E-state index contributed by atoms with van der Waals surface area (Å²) >= 11 is 0. The molecule has 0 heterocycles. The van der Waals surface area contributed by atoms with E-state index in [1.165, 1.54) is 30.4 Å². The summed E-state index contributed by atoms with van der Waals surface area (Å²) in [5.74, 6) is 1.09. The molecule has 0 spiro atoms. The Labute approximate surface area is 302 Å². The molecule has 0 aromatic rings. The van der Waals surface area contributed by atoms with Gasteiger partial charge in [0.25, 0.3) is 0 Å². The summed E-state index contributed by atoms with van der Waals surface area (Å²) in [6.07, 6.45) is 16.6. The minimum atomic E-state index is -2.01. The van der Waals surface area contributed by atoms with Gasteiger partial charge in [-0.1, -0.05) is 84.4 Å². The van der Waals surface area contributed by atoms with E-state index in [4.69, 9.17) is 8.85 Å². The van der Waals surface area contributed by atoms with Gasteiger partial charge in [-0.15, -0.1) is 0 Å². The first-order valence-corrected chi connectivity index (χ1v) is 25.0. The zero-order valence-electron chi connectivity index (χ0n) is 33.9. The quantitative estimate of drug-likeness (QED) is 0.129. The highest BCUT2D eigenvalue weighted by atomic mass is 28.4. The van der Waals surface area contributed by atoms with Crippen molar-refractivity contribution in [2.45, 2.75) is 168 Å². The van der Waals surface area contributed by atoms with Crippen LogP contribution in [-0.2, 0) is 18.4 Å². The third-order valence-corrected chi connectivity index (χ3v) is 23.0. The van der Waals surface area contributed by atoms with Crippen molar-refractivity contribution in [2.75, 3.05) is 14.1 Å². The summed E-state index contributed by atoms with van der Waals surface area (Å²) in [5, 5.41) is 0.276. The minimum Gasteiger partial charge on any atom is -0.413 e. The van der Waals surface area contributed by atoms with Crippen LogP contribution in [0.1, 0.15) is 120 Å². The largest absolute Gasteiger partial charge is 0.413 e. The Morgan fingerprint density at radius 1 is 0.939 bits per heavy atom. The molecule has 49 heavy (non-hydrogen) atoms. The summed E-state index contributed by atoms with van der Waals surface area (Å²) in [5.41, 5.74) is 4.77. The van der Waals surface area contributed by atoms with Gasteiger partial charge in [-0.2, -0.15) is 0 Å². The predicted molar refractivity (Wildman–Crippen MR) is 211 cm³/mol. The van der Waals surface area contributed by atoms with E-state index < -0.39 is 22.0 Å². The zero-order valence-corrected chi connectivity index (χ0v) is 35.9. The predicted octanol–water partition coefficient (Wildman–Crippen LogP) is 11.0. The van der Waals surface area contributed by atoms with Crippen LogP contribution in [0.5, 0.6) is 0 Å². The number of carbonyl (C=O) groups is 2. The van der Waals surface area contributed by atoms with Gasteiger partial charge in [0.1, 0.15) is 5.41 Å². The molecule has 0 bridgehead atoms. The van der Waals surface area contributed by atoms with Crippen LogP contribution in [0.15, 0.2) is 47.1 Å². The van der Waals surface area contributed by atoms with Crippen molar-refractivity contribution in [3.63, 3.8) is 0 Å². The van der Waals surface area contributed by atoms with E-state index in [1.807, 2.05) is 0 Å². The Balaban J connectivity index is 1.56. The molecule has 0 N–H and O–H groups in total. The standard InChI is InChI=1S/C42H71NO4Si2/c1-29(18-23-37(44)42(25-26-42)38(45)43(10)11)34-21-22-35-31(17-16-24-41(34,35)9)19-20-32-27-33(46-48(12,13)39(3,4)5)28-36(30(32)2)47-49(14,15)40(6,7)8/h18-20,33-36H,2,16-17,21-28H2,1,3-15H3/t33?,34?,35?,36?,41-/m1/s1. The monoisotopic (exact) mass is 709 g/mol. The second-order valence-corrected chi connectivity index (χ2v) is 29.2. The third-order valence-electron chi connectivity index (χ3n) is 14.0. The molecule has 0 aromatic heterocycles. The third kappa shape index (κ3) is 8.25. The van der Waals surface area contributed by atoms with Gasteiger partial charge in [-0.3, -0.25) is 9.59 Å². The fourth-order valence-corrected chi connectivity index (χ4v) is 11.2. The fourth-order valence-electron chi connectivity index (χ4n) is 8.51. The molecule has 0 radical (unpaired) electrons. The van der Waals surface area contributed by atoms with Crippen molar-refractivity contribution in [3.8, 4) is 0 Å². The number of hydrogen-bond acceptors (Lipinski definition) is 4. The molecule has 4 aliphatic carbocycles. The van der Waals surface area contributed by atoms with E-state index in [0.717, 1.165) is 31.3 Å². The van der Waals surface area contributed by atoms with Gasteiger partial charge in [0.2, 0.25) is 5.91 Å². The van der Waals surface area contributed by atoms with E-state index in [9.17, 15) is 9.59 Å². The topological polar surface area (TPSA) is 55.8 Å².